The standard InChI is InChI=1S/C18H27N3O2/c1-13-4-6-15(7-5-13)23-17-11-14(8-10-20-17)12-21-18(22)16-3-2-9-19-16/h8,10-11,13,15-16,19H,2-7,9,12H2,1H3,(H,21,22). The number of carbonyl (C=O) groups is 1. The molecule has 2 aliphatic rings. The molecule has 2 N–H and O–H groups in total. The Morgan fingerprint density at radius 1 is 1.35 bits per heavy atom. The second-order valence-electron chi connectivity index (χ2n) is 6.87. The van der Waals surface area contributed by atoms with Gasteiger partial charge in [-0.25, -0.2) is 4.98 Å². The molecule has 1 saturated carbocycles. The zero-order valence-corrected chi connectivity index (χ0v) is 13.9. The zero-order chi connectivity index (χ0) is 16.1. The molecule has 1 atom stereocenters. The molecule has 126 valence electrons. The summed E-state index contributed by atoms with van der Waals surface area (Å²) in [7, 11) is 0. The lowest BCUT2D eigenvalue weighted by Gasteiger charge is -2.26. The van der Waals surface area contributed by atoms with Gasteiger partial charge in [-0.1, -0.05) is 6.92 Å². The molecule has 2 heterocycles. The molecule has 0 aromatic carbocycles. The Bertz CT molecular complexity index is 521. The van der Waals surface area contributed by atoms with E-state index in [1.165, 1.54) is 12.8 Å². The Morgan fingerprint density at radius 3 is 2.91 bits per heavy atom. The van der Waals surface area contributed by atoms with Crippen molar-refractivity contribution in [3.05, 3.63) is 23.9 Å². The normalized spacial score (nSPS) is 27.6. The number of hydrogen-bond acceptors (Lipinski definition) is 4. The Labute approximate surface area is 138 Å². The van der Waals surface area contributed by atoms with Crippen molar-refractivity contribution in [1.29, 1.82) is 0 Å². The molecule has 5 nitrogen and oxygen atoms in total. The molecule has 0 radical (unpaired) electrons. The third kappa shape index (κ3) is 4.67. The van der Waals surface area contributed by atoms with Crippen LogP contribution in [0.5, 0.6) is 5.88 Å². The highest BCUT2D eigenvalue weighted by Gasteiger charge is 2.22. The first-order chi connectivity index (χ1) is 11.2. The van der Waals surface area contributed by atoms with Gasteiger partial charge in [0.05, 0.1) is 6.04 Å². The average Bonchev–Trinajstić information content (AvgIpc) is 3.10. The van der Waals surface area contributed by atoms with E-state index in [1.54, 1.807) is 6.20 Å². The van der Waals surface area contributed by atoms with Gasteiger partial charge in [-0.05, 0) is 62.6 Å². The number of pyridine rings is 1. The molecule has 23 heavy (non-hydrogen) atoms. The lowest BCUT2D eigenvalue weighted by Crippen LogP contribution is -2.40. The van der Waals surface area contributed by atoms with Crippen LogP contribution < -0.4 is 15.4 Å². The van der Waals surface area contributed by atoms with Gasteiger partial charge in [-0.3, -0.25) is 4.79 Å². The van der Waals surface area contributed by atoms with Crippen molar-refractivity contribution in [1.82, 2.24) is 15.6 Å². The van der Waals surface area contributed by atoms with E-state index < -0.39 is 0 Å². The zero-order valence-electron chi connectivity index (χ0n) is 13.9. The quantitative estimate of drug-likeness (QED) is 0.875. The van der Waals surface area contributed by atoms with Gasteiger partial charge in [0.1, 0.15) is 6.10 Å². The van der Waals surface area contributed by atoms with Crippen LogP contribution in [-0.4, -0.2) is 29.6 Å². The highest BCUT2D eigenvalue weighted by Crippen LogP contribution is 2.26. The highest BCUT2D eigenvalue weighted by molar-refractivity contribution is 5.81. The topological polar surface area (TPSA) is 63.2 Å². The summed E-state index contributed by atoms with van der Waals surface area (Å²) in [5.74, 6) is 1.58. The molecule has 2 fully saturated rings. The van der Waals surface area contributed by atoms with E-state index in [0.29, 0.717) is 12.4 Å². The van der Waals surface area contributed by atoms with E-state index in [-0.39, 0.29) is 18.1 Å². The minimum Gasteiger partial charge on any atom is -0.474 e. The summed E-state index contributed by atoms with van der Waals surface area (Å²) in [5.41, 5.74) is 1.03. The molecule has 1 unspecified atom stereocenters. The van der Waals surface area contributed by atoms with Crippen LogP contribution in [0.2, 0.25) is 0 Å². The molecule has 1 aliphatic carbocycles. The van der Waals surface area contributed by atoms with Crippen molar-refractivity contribution in [2.24, 2.45) is 5.92 Å². The minimum atomic E-state index is -0.0308. The fourth-order valence-corrected chi connectivity index (χ4v) is 3.36. The van der Waals surface area contributed by atoms with Crippen molar-refractivity contribution >= 4 is 5.91 Å². The summed E-state index contributed by atoms with van der Waals surface area (Å²) < 4.78 is 6.01. The maximum absolute atomic E-state index is 12.0. The molecule has 1 aromatic rings. The van der Waals surface area contributed by atoms with Crippen LogP contribution in [0, 0.1) is 5.92 Å². The van der Waals surface area contributed by atoms with Crippen LogP contribution in [-0.2, 0) is 11.3 Å². The third-order valence-corrected chi connectivity index (χ3v) is 4.89. The molecule has 1 amide bonds. The Morgan fingerprint density at radius 2 is 2.17 bits per heavy atom. The van der Waals surface area contributed by atoms with E-state index in [4.69, 9.17) is 4.74 Å². The summed E-state index contributed by atoms with van der Waals surface area (Å²) in [6.45, 7) is 3.76. The van der Waals surface area contributed by atoms with Crippen molar-refractivity contribution in [2.45, 2.75) is 64.1 Å². The van der Waals surface area contributed by atoms with E-state index in [0.717, 1.165) is 43.7 Å². The van der Waals surface area contributed by atoms with Crippen LogP contribution in [0.4, 0.5) is 0 Å². The number of carbonyl (C=O) groups excluding carboxylic acids is 1. The van der Waals surface area contributed by atoms with Gasteiger partial charge in [0.2, 0.25) is 11.8 Å². The van der Waals surface area contributed by atoms with Gasteiger partial charge in [0, 0.05) is 18.8 Å². The number of ether oxygens (including phenoxy) is 1. The molecule has 1 aromatic heterocycles. The first-order valence-electron chi connectivity index (χ1n) is 8.83. The van der Waals surface area contributed by atoms with Crippen LogP contribution in [0.25, 0.3) is 0 Å². The van der Waals surface area contributed by atoms with E-state index in [9.17, 15) is 4.79 Å². The van der Waals surface area contributed by atoms with Gasteiger partial charge >= 0.3 is 0 Å². The highest BCUT2D eigenvalue weighted by atomic mass is 16.5. The second kappa shape index (κ2) is 7.77. The van der Waals surface area contributed by atoms with Crippen LogP contribution >= 0.6 is 0 Å². The fraction of sp³-hybridized carbons (Fsp3) is 0.667. The van der Waals surface area contributed by atoms with Gasteiger partial charge in [-0.15, -0.1) is 0 Å². The Kier molecular flexibility index (Phi) is 5.49. The van der Waals surface area contributed by atoms with Gasteiger partial charge < -0.3 is 15.4 Å². The van der Waals surface area contributed by atoms with E-state index >= 15 is 0 Å². The predicted octanol–water partition coefficient (Wildman–Crippen LogP) is 2.41. The second-order valence-corrected chi connectivity index (χ2v) is 6.87. The van der Waals surface area contributed by atoms with Crippen molar-refractivity contribution in [3.8, 4) is 5.88 Å². The summed E-state index contributed by atoms with van der Waals surface area (Å²) in [6.07, 6.45) is 8.72. The summed E-state index contributed by atoms with van der Waals surface area (Å²) in [5, 5.41) is 6.21. The predicted molar refractivity (Wildman–Crippen MR) is 89.2 cm³/mol. The van der Waals surface area contributed by atoms with Crippen molar-refractivity contribution < 1.29 is 9.53 Å². The number of hydrogen-bond donors (Lipinski definition) is 2. The monoisotopic (exact) mass is 317 g/mol. The minimum absolute atomic E-state index is 0.0308. The third-order valence-electron chi connectivity index (χ3n) is 4.89. The van der Waals surface area contributed by atoms with Crippen LogP contribution in [0.1, 0.15) is 51.0 Å². The molecule has 1 saturated heterocycles. The average molecular weight is 317 g/mol. The summed E-state index contributed by atoms with van der Waals surface area (Å²) in [6, 6.07) is 3.84. The number of nitrogens with zero attached hydrogens (tertiary/aromatic N) is 1. The SMILES string of the molecule is CC1CCC(Oc2cc(CNC(=O)C3CCCN3)ccn2)CC1. The van der Waals surface area contributed by atoms with Crippen molar-refractivity contribution in [2.75, 3.05) is 6.54 Å². The Hall–Kier alpha value is -1.62. The molecular formula is C18H27N3O2. The first kappa shape index (κ1) is 16.2. The van der Waals surface area contributed by atoms with Gasteiger partial charge in [-0.2, -0.15) is 0 Å². The van der Waals surface area contributed by atoms with Gasteiger partial charge in [0.25, 0.3) is 0 Å². The molecule has 3 rings (SSSR count). The fourth-order valence-electron chi connectivity index (χ4n) is 3.36. The number of aromatic nitrogens is 1. The Balaban J connectivity index is 1.49. The van der Waals surface area contributed by atoms with Crippen LogP contribution in [0.15, 0.2) is 18.3 Å². The summed E-state index contributed by atoms with van der Waals surface area (Å²) in [4.78, 5) is 16.3. The molecule has 1 aliphatic heterocycles. The lowest BCUT2D eigenvalue weighted by molar-refractivity contribution is -0.122. The molecule has 5 heteroatoms. The lowest BCUT2D eigenvalue weighted by atomic mass is 9.89. The van der Waals surface area contributed by atoms with E-state index in [1.807, 2.05) is 12.1 Å². The smallest absolute Gasteiger partial charge is 0.237 e. The number of amides is 1. The van der Waals surface area contributed by atoms with Crippen molar-refractivity contribution in [3.63, 3.8) is 0 Å². The van der Waals surface area contributed by atoms with E-state index in [2.05, 4.69) is 22.5 Å². The molecule has 0 spiro atoms. The number of nitrogens with one attached hydrogen (secondary N) is 2. The van der Waals surface area contributed by atoms with Crippen LogP contribution in [0.3, 0.4) is 0 Å². The first-order valence-corrected chi connectivity index (χ1v) is 8.83. The summed E-state index contributed by atoms with van der Waals surface area (Å²) >= 11 is 0. The number of rotatable bonds is 5. The molecular weight excluding hydrogens is 290 g/mol. The largest absolute Gasteiger partial charge is 0.474 e. The van der Waals surface area contributed by atoms with Gasteiger partial charge in [0.15, 0.2) is 0 Å². The molecule has 0 bridgehead atoms. The maximum Gasteiger partial charge on any atom is 0.237 e. The maximum atomic E-state index is 12.0.